The first-order chi connectivity index (χ1) is 15.3. The van der Waals surface area contributed by atoms with Crippen LogP contribution in [-0.2, 0) is 13.2 Å². The molecule has 0 fully saturated rings. The Morgan fingerprint density at radius 2 is 1.45 bits per heavy atom. The molecule has 0 N–H and O–H groups in total. The van der Waals surface area contributed by atoms with Gasteiger partial charge in [0.2, 0.25) is 0 Å². The van der Waals surface area contributed by atoms with Crippen LogP contribution in [0.3, 0.4) is 0 Å². The number of imidazole rings is 1. The second-order valence-corrected chi connectivity index (χ2v) is 6.99. The number of fused-ring (bicyclic) bond motifs is 1. The standard InChI is InChI=1S/C25H26N2O4/c1-28-19-12-14-20(15-13-19)30-17-7-16-27-22-9-4-3-8-21(22)26-25(27)18-31-24-11-6-5-10-23(24)29-2/h3-6,8-15H,7,16-18H2,1-2H3. The van der Waals surface area contributed by atoms with E-state index in [1.54, 1.807) is 14.2 Å². The number of rotatable bonds is 10. The van der Waals surface area contributed by atoms with Gasteiger partial charge >= 0.3 is 0 Å². The maximum Gasteiger partial charge on any atom is 0.161 e. The summed E-state index contributed by atoms with van der Waals surface area (Å²) in [5.74, 6) is 3.92. The van der Waals surface area contributed by atoms with E-state index >= 15 is 0 Å². The van der Waals surface area contributed by atoms with Gasteiger partial charge in [0.05, 0.1) is 31.9 Å². The van der Waals surface area contributed by atoms with Crippen molar-refractivity contribution < 1.29 is 18.9 Å². The molecular formula is C25H26N2O4. The van der Waals surface area contributed by atoms with Crippen molar-refractivity contribution in [3.05, 3.63) is 78.6 Å². The number of aryl methyl sites for hydroxylation is 1. The summed E-state index contributed by atoms with van der Waals surface area (Å²) < 4.78 is 24.7. The molecule has 4 aromatic rings. The number of ether oxygens (including phenoxy) is 4. The van der Waals surface area contributed by atoms with Crippen molar-refractivity contribution in [2.24, 2.45) is 0 Å². The SMILES string of the molecule is COc1ccc(OCCCn2c(COc3ccccc3OC)nc3ccccc32)cc1. The molecule has 160 valence electrons. The first-order valence-corrected chi connectivity index (χ1v) is 10.3. The Morgan fingerprint density at radius 3 is 2.23 bits per heavy atom. The third kappa shape index (κ3) is 4.91. The molecule has 0 aliphatic rings. The summed E-state index contributed by atoms with van der Waals surface area (Å²) in [6.45, 7) is 1.74. The summed E-state index contributed by atoms with van der Waals surface area (Å²) in [5.41, 5.74) is 2.04. The fourth-order valence-corrected chi connectivity index (χ4v) is 3.45. The smallest absolute Gasteiger partial charge is 0.161 e. The molecule has 0 saturated carbocycles. The van der Waals surface area contributed by atoms with Crippen molar-refractivity contribution in [2.45, 2.75) is 19.6 Å². The van der Waals surface area contributed by atoms with Gasteiger partial charge in [0.25, 0.3) is 0 Å². The lowest BCUT2D eigenvalue weighted by Gasteiger charge is -2.13. The molecule has 1 aromatic heterocycles. The lowest BCUT2D eigenvalue weighted by Crippen LogP contribution is -2.10. The van der Waals surface area contributed by atoms with Crippen molar-refractivity contribution >= 4 is 11.0 Å². The van der Waals surface area contributed by atoms with E-state index in [0.29, 0.717) is 24.7 Å². The van der Waals surface area contributed by atoms with Gasteiger partial charge in [0, 0.05) is 6.54 Å². The molecule has 1 heterocycles. The van der Waals surface area contributed by atoms with Crippen molar-refractivity contribution in [1.29, 1.82) is 0 Å². The van der Waals surface area contributed by atoms with Crippen LogP contribution in [0.15, 0.2) is 72.8 Å². The summed E-state index contributed by atoms with van der Waals surface area (Å²) in [4.78, 5) is 4.78. The highest BCUT2D eigenvalue weighted by molar-refractivity contribution is 5.75. The molecule has 0 spiro atoms. The molecule has 0 amide bonds. The zero-order chi connectivity index (χ0) is 21.5. The summed E-state index contributed by atoms with van der Waals surface area (Å²) in [6.07, 6.45) is 0.841. The Balaban J connectivity index is 1.43. The Bertz CT molecular complexity index is 1120. The van der Waals surface area contributed by atoms with Gasteiger partial charge in [0.15, 0.2) is 11.5 Å². The van der Waals surface area contributed by atoms with E-state index in [0.717, 1.165) is 41.3 Å². The van der Waals surface area contributed by atoms with Crippen LogP contribution >= 0.6 is 0 Å². The number of hydrogen-bond donors (Lipinski definition) is 0. The zero-order valence-corrected chi connectivity index (χ0v) is 17.8. The average molecular weight is 418 g/mol. The van der Waals surface area contributed by atoms with E-state index in [-0.39, 0.29) is 0 Å². The Hall–Kier alpha value is -3.67. The fraction of sp³-hybridized carbons (Fsp3) is 0.240. The molecular weight excluding hydrogens is 392 g/mol. The van der Waals surface area contributed by atoms with E-state index in [1.165, 1.54) is 0 Å². The van der Waals surface area contributed by atoms with E-state index < -0.39 is 0 Å². The van der Waals surface area contributed by atoms with Crippen LogP contribution in [0.2, 0.25) is 0 Å². The predicted molar refractivity (Wildman–Crippen MR) is 120 cm³/mol. The molecule has 3 aromatic carbocycles. The summed E-state index contributed by atoms with van der Waals surface area (Å²) >= 11 is 0. The van der Waals surface area contributed by atoms with Gasteiger partial charge in [-0.05, 0) is 55.0 Å². The highest BCUT2D eigenvalue weighted by atomic mass is 16.5. The van der Waals surface area contributed by atoms with E-state index in [1.807, 2.05) is 66.7 Å². The third-order valence-electron chi connectivity index (χ3n) is 5.01. The Kier molecular flexibility index (Phi) is 6.57. The topological polar surface area (TPSA) is 54.7 Å². The molecule has 0 unspecified atom stereocenters. The van der Waals surface area contributed by atoms with Gasteiger partial charge in [-0.3, -0.25) is 0 Å². The number of aromatic nitrogens is 2. The number of para-hydroxylation sites is 4. The molecule has 4 rings (SSSR count). The zero-order valence-electron chi connectivity index (χ0n) is 17.8. The van der Waals surface area contributed by atoms with Gasteiger partial charge in [-0.1, -0.05) is 24.3 Å². The maximum absolute atomic E-state index is 6.03. The molecule has 6 nitrogen and oxygen atoms in total. The van der Waals surface area contributed by atoms with Gasteiger partial charge < -0.3 is 23.5 Å². The first kappa shape index (κ1) is 20.6. The minimum absolute atomic E-state index is 0.356. The number of benzene rings is 3. The van der Waals surface area contributed by atoms with Crippen LogP contribution in [0.25, 0.3) is 11.0 Å². The van der Waals surface area contributed by atoms with Crippen LogP contribution in [0.1, 0.15) is 12.2 Å². The number of nitrogens with zero attached hydrogens (tertiary/aromatic N) is 2. The van der Waals surface area contributed by atoms with E-state index in [4.69, 9.17) is 23.9 Å². The maximum atomic E-state index is 6.03. The highest BCUT2D eigenvalue weighted by Crippen LogP contribution is 2.27. The predicted octanol–water partition coefficient (Wildman–Crippen LogP) is 5.10. The fourth-order valence-electron chi connectivity index (χ4n) is 3.45. The summed E-state index contributed by atoms with van der Waals surface area (Å²) in [5, 5.41) is 0. The minimum atomic E-state index is 0.356. The van der Waals surface area contributed by atoms with Crippen LogP contribution in [0.5, 0.6) is 23.0 Å². The van der Waals surface area contributed by atoms with E-state index in [9.17, 15) is 0 Å². The number of hydrogen-bond acceptors (Lipinski definition) is 5. The lowest BCUT2D eigenvalue weighted by molar-refractivity contribution is 0.267. The largest absolute Gasteiger partial charge is 0.497 e. The summed E-state index contributed by atoms with van der Waals surface area (Å²) in [7, 11) is 3.29. The minimum Gasteiger partial charge on any atom is -0.497 e. The monoisotopic (exact) mass is 418 g/mol. The van der Waals surface area contributed by atoms with Crippen LogP contribution in [0, 0.1) is 0 Å². The van der Waals surface area contributed by atoms with Gasteiger partial charge in [0.1, 0.15) is 23.9 Å². The van der Waals surface area contributed by atoms with Crippen molar-refractivity contribution in [3.8, 4) is 23.0 Å². The molecule has 0 atom stereocenters. The van der Waals surface area contributed by atoms with Gasteiger partial charge in [-0.2, -0.15) is 0 Å². The third-order valence-corrected chi connectivity index (χ3v) is 5.01. The van der Waals surface area contributed by atoms with Crippen molar-refractivity contribution in [3.63, 3.8) is 0 Å². The lowest BCUT2D eigenvalue weighted by atomic mass is 10.3. The molecule has 0 saturated heterocycles. The molecule has 31 heavy (non-hydrogen) atoms. The van der Waals surface area contributed by atoms with Gasteiger partial charge in [-0.25, -0.2) is 4.98 Å². The van der Waals surface area contributed by atoms with Crippen molar-refractivity contribution in [2.75, 3.05) is 20.8 Å². The Morgan fingerprint density at radius 1 is 0.742 bits per heavy atom. The van der Waals surface area contributed by atoms with Gasteiger partial charge in [-0.15, -0.1) is 0 Å². The first-order valence-electron chi connectivity index (χ1n) is 10.3. The Labute approximate surface area is 182 Å². The van der Waals surface area contributed by atoms with Crippen LogP contribution in [-0.4, -0.2) is 30.4 Å². The summed E-state index contributed by atoms with van der Waals surface area (Å²) in [6, 6.07) is 23.4. The second-order valence-electron chi connectivity index (χ2n) is 6.99. The quantitative estimate of drug-likeness (QED) is 0.335. The molecule has 6 heteroatoms. The molecule has 0 aliphatic heterocycles. The average Bonchev–Trinajstić information content (AvgIpc) is 3.18. The normalized spacial score (nSPS) is 10.8. The van der Waals surface area contributed by atoms with Crippen LogP contribution in [0.4, 0.5) is 0 Å². The highest BCUT2D eigenvalue weighted by Gasteiger charge is 2.12. The van der Waals surface area contributed by atoms with E-state index in [2.05, 4.69) is 10.6 Å². The molecule has 0 bridgehead atoms. The van der Waals surface area contributed by atoms with Crippen molar-refractivity contribution in [1.82, 2.24) is 9.55 Å². The van der Waals surface area contributed by atoms with Crippen LogP contribution < -0.4 is 18.9 Å². The molecule has 0 aliphatic carbocycles. The molecule has 0 radical (unpaired) electrons. The number of methoxy groups -OCH3 is 2. The second kappa shape index (κ2) is 9.89.